The van der Waals surface area contributed by atoms with Gasteiger partial charge in [0.25, 0.3) is 0 Å². The number of hydrogen-bond acceptors (Lipinski definition) is 7. The summed E-state index contributed by atoms with van der Waals surface area (Å²) in [6.45, 7) is 15.2. The van der Waals surface area contributed by atoms with Crippen LogP contribution >= 0.6 is 0 Å². The Balaban J connectivity index is 1.40. The molecular formula is C28H37BN4O3. The fraction of sp³-hybridized carbons (Fsp3) is 0.500. The Kier molecular flexibility index (Phi) is 6.58. The van der Waals surface area contributed by atoms with Crippen LogP contribution in [0.5, 0.6) is 0 Å². The van der Waals surface area contributed by atoms with Crippen LogP contribution in [0.3, 0.4) is 0 Å². The number of pyridine rings is 2. The van der Waals surface area contributed by atoms with Gasteiger partial charge in [-0.15, -0.1) is 0 Å². The van der Waals surface area contributed by atoms with Crippen molar-refractivity contribution in [3.05, 3.63) is 53.9 Å². The topological polar surface area (TPSA) is 79.7 Å². The van der Waals surface area contributed by atoms with Crippen LogP contribution in [0, 0.1) is 12.8 Å². The Morgan fingerprint density at radius 3 is 2.69 bits per heavy atom. The number of rotatable bonds is 6. The number of likely N-dealkylation sites (tertiary alicyclic amines) is 1. The maximum atomic E-state index is 9.82. The summed E-state index contributed by atoms with van der Waals surface area (Å²) >= 11 is 0. The van der Waals surface area contributed by atoms with Crippen molar-refractivity contribution in [2.75, 3.05) is 18.4 Å². The Labute approximate surface area is 214 Å². The van der Waals surface area contributed by atoms with Gasteiger partial charge in [0, 0.05) is 43.1 Å². The first kappa shape index (κ1) is 25.1. The number of anilines is 2. The highest BCUT2D eigenvalue weighted by molar-refractivity contribution is 6.62. The van der Waals surface area contributed by atoms with Crippen LogP contribution in [0.4, 0.5) is 11.5 Å². The number of nitrogens with zero attached hydrogens (tertiary/aromatic N) is 3. The average molecular weight is 488 g/mol. The van der Waals surface area contributed by atoms with E-state index in [2.05, 4.69) is 68.9 Å². The van der Waals surface area contributed by atoms with Crippen LogP contribution < -0.4 is 10.8 Å². The van der Waals surface area contributed by atoms with Gasteiger partial charge in [0.15, 0.2) is 5.82 Å². The number of β-amino-alcohol motifs (C(OH)–C–C–N with tert-alkyl or cyclic N) is 1. The number of fused-ring (bicyclic) bond motifs is 1. The molecule has 36 heavy (non-hydrogen) atoms. The third-order valence-corrected chi connectivity index (χ3v) is 8.24. The second kappa shape index (κ2) is 9.41. The first-order valence-electron chi connectivity index (χ1n) is 12.9. The number of aliphatic hydroxyl groups excluding tert-OH is 1. The lowest BCUT2D eigenvalue weighted by Gasteiger charge is -2.39. The predicted molar refractivity (Wildman–Crippen MR) is 145 cm³/mol. The molecule has 0 saturated carbocycles. The fourth-order valence-electron chi connectivity index (χ4n) is 5.40. The zero-order valence-corrected chi connectivity index (χ0v) is 22.2. The van der Waals surface area contributed by atoms with Crippen LogP contribution in [-0.2, 0) is 15.9 Å². The maximum absolute atomic E-state index is 9.82. The van der Waals surface area contributed by atoms with E-state index in [1.165, 1.54) is 0 Å². The third kappa shape index (κ3) is 4.52. The van der Waals surface area contributed by atoms with Crippen LogP contribution in [0.25, 0.3) is 10.9 Å². The third-order valence-electron chi connectivity index (χ3n) is 8.24. The van der Waals surface area contributed by atoms with Crippen molar-refractivity contribution in [2.24, 2.45) is 5.92 Å². The molecule has 2 aliphatic rings. The summed E-state index contributed by atoms with van der Waals surface area (Å²) in [6, 6.07) is 10.3. The molecule has 0 bridgehead atoms. The smallest absolute Gasteiger partial charge is 0.399 e. The standard InChI is InChI=1S/C28H37BN4O3/c1-18(2)28(6)27(4,5)35-29(36-28)23-8-7-9-24(19(23)3)32-26-25-21(10-12-30-26)14-20(15-31-25)16-33-13-11-22(34)17-33/h7-10,12,14-15,18,22,34H,11,13,16-17H2,1-6H3,(H,30,32)/t22-,28?/m1/s1. The summed E-state index contributed by atoms with van der Waals surface area (Å²) in [4.78, 5) is 11.6. The Morgan fingerprint density at radius 1 is 1.19 bits per heavy atom. The van der Waals surface area contributed by atoms with Gasteiger partial charge in [0.2, 0.25) is 0 Å². The van der Waals surface area contributed by atoms with Gasteiger partial charge < -0.3 is 19.7 Å². The molecule has 0 amide bonds. The lowest BCUT2D eigenvalue weighted by Crippen LogP contribution is -2.48. The van der Waals surface area contributed by atoms with Gasteiger partial charge in [-0.3, -0.25) is 9.88 Å². The summed E-state index contributed by atoms with van der Waals surface area (Å²) in [6.07, 6.45) is 4.35. The van der Waals surface area contributed by atoms with Crippen molar-refractivity contribution in [1.29, 1.82) is 0 Å². The van der Waals surface area contributed by atoms with E-state index in [0.29, 0.717) is 5.92 Å². The van der Waals surface area contributed by atoms with Gasteiger partial charge >= 0.3 is 7.12 Å². The van der Waals surface area contributed by atoms with E-state index in [-0.39, 0.29) is 11.7 Å². The highest BCUT2D eigenvalue weighted by Gasteiger charge is 2.56. The average Bonchev–Trinajstić information content (AvgIpc) is 3.34. The van der Waals surface area contributed by atoms with Crippen LogP contribution in [-0.4, -0.2) is 57.5 Å². The largest absolute Gasteiger partial charge is 0.495 e. The van der Waals surface area contributed by atoms with Gasteiger partial charge in [0.1, 0.15) is 5.52 Å². The van der Waals surface area contributed by atoms with E-state index < -0.39 is 12.7 Å². The molecule has 7 nitrogen and oxygen atoms in total. The van der Waals surface area contributed by atoms with Crippen molar-refractivity contribution in [1.82, 2.24) is 14.9 Å². The molecule has 1 aromatic carbocycles. The number of aromatic nitrogens is 2. The molecule has 0 radical (unpaired) electrons. The minimum atomic E-state index is -0.431. The van der Waals surface area contributed by atoms with E-state index in [1.54, 1.807) is 0 Å². The van der Waals surface area contributed by atoms with E-state index in [9.17, 15) is 5.11 Å². The fourth-order valence-corrected chi connectivity index (χ4v) is 5.40. The molecule has 2 aromatic heterocycles. The van der Waals surface area contributed by atoms with Crippen molar-refractivity contribution in [2.45, 2.75) is 71.8 Å². The lowest BCUT2D eigenvalue weighted by molar-refractivity contribution is -0.0435. The van der Waals surface area contributed by atoms with Gasteiger partial charge in [-0.05, 0) is 74.8 Å². The SMILES string of the molecule is Cc1c(Nc2nccc3cc(CN4CC[C@@H](O)C4)cnc23)cccc1B1OC(C)(C)C(C)(C(C)C)O1. The van der Waals surface area contributed by atoms with E-state index in [4.69, 9.17) is 14.3 Å². The van der Waals surface area contributed by atoms with E-state index >= 15 is 0 Å². The summed E-state index contributed by atoms with van der Waals surface area (Å²) < 4.78 is 13.0. The monoisotopic (exact) mass is 488 g/mol. The molecule has 5 rings (SSSR count). The zero-order valence-electron chi connectivity index (χ0n) is 22.2. The maximum Gasteiger partial charge on any atom is 0.495 e. The molecule has 2 aliphatic heterocycles. The van der Waals surface area contributed by atoms with E-state index in [1.807, 2.05) is 30.6 Å². The molecule has 0 aliphatic carbocycles. The first-order chi connectivity index (χ1) is 17.1. The molecule has 2 N–H and O–H groups in total. The predicted octanol–water partition coefficient (Wildman–Crippen LogP) is 4.18. The minimum absolute atomic E-state index is 0.220. The molecule has 1 unspecified atom stereocenters. The quantitative estimate of drug-likeness (QED) is 0.504. The lowest BCUT2D eigenvalue weighted by atomic mass is 9.75. The Morgan fingerprint density at radius 2 is 2.00 bits per heavy atom. The summed E-state index contributed by atoms with van der Waals surface area (Å²) in [5, 5.41) is 14.4. The molecule has 4 heterocycles. The molecule has 0 spiro atoms. The molecule has 8 heteroatoms. The van der Waals surface area contributed by atoms with E-state index in [0.717, 1.165) is 65.1 Å². The second-order valence-electron chi connectivity index (χ2n) is 11.2. The minimum Gasteiger partial charge on any atom is -0.399 e. The second-order valence-corrected chi connectivity index (χ2v) is 11.2. The molecular weight excluding hydrogens is 451 g/mol. The molecule has 3 aromatic rings. The van der Waals surface area contributed by atoms with Crippen molar-refractivity contribution in [3.63, 3.8) is 0 Å². The van der Waals surface area contributed by atoms with Crippen molar-refractivity contribution >= 4 is 35.0 Å². The van der Waals surface area contributed by atoms with Gasteiger partial charge in [0.05, 0.1) is 17.3 Å². The number of hydrogen-bond donors (Lipinski definition) is 2. The molecule has 2 atom stereocenters. The Bertz CT molecular complexity index is 1270. The number of nitrogens with one attached hydrogen (secondary N) is 1. The number of benzene rings is 1. The number of aliphatic hydroxyl groups is 1. The van der Waals surface area contributed by atoms with Crippen LogP contribution in [0.2, 0.25) is 0 Å². The molecule has 2 saturated heterocycles. The van der Waals surface area contributed by atoms with Crippen molar-refractivity contribution < 1.29 is 14.4 Å². The zero-order chi connectivity index (χ0) is 25.7. The molecule has 2 fully saturated rings. The van der Waals surface area contributed by atoms with Gasteiger partial charge in [-0.2, -0.15) is 0 Å². The van der Waals surface area contributed by atoms with Crippen LogP contribution in [0.15, 0.2) is 42.7 Å². The summed E-state index contributed by atoms with van der Waals surface area (Å²) in [5.74, 6) is 1.03. The summed E-state index contributed by atoms with van der Waals surface area (Å²) in [5.41, 5.74) is 4.20. The molecule has 190 valence electrons. The van der Waals surface area contributed by atoms with Crippen molar-refractivity contribution in [3.8, 4) is 0 Å². The van der Waals surface area contributed by atoms with Crippen LogP contribution in [0.1, 0.15) is 52.2 Å². The van der Waals surface area contributed by atoms with Gasteiger partial charge in [-0.1, -0.05) is 26.0 Å². The highest BCUT2D eigenvalue weighted by atomic mass is 16.7. The normalized spacial score (nSPS) is 24.2. The highest BCUT2D eigenvalue weighted by Crippen LogP contribution is 2.42. The van der Waals surface area contributed by atoms with Gasteiger partial charge in [-0.25, -0.2) is 4.98 Å². The first-order valence-corrected chi connectivity index (χ1v) is 12.9. The Hall–Kier alpha value is -2.52. The summed E-state index contributed by atoms with van der Waals surface area (Å²) in [7, 11) is -0.431.